The van der Waals surface area contributed by atoms with Gasteiger partial charge in [-0.25, -0.2) is 13.4 Å². The van der Waals surface area contributed by atoms with Crippen molar-refractivity contribution in [3.8, 4) is 5.75 Å². The molecule has 0 aliphatic rings. The summed E-state index contributed by atoms with van der Waals surface area (Å²) in [6.07, 6.45) is 4.90. The number of ether oxygens (including phenoxy) is 1. The van der Waals surface area contributed by atoms with Crippen LogP contribution in [0, 0.1) is 0 Å². The van der Waals surface area contributed by atoms with E-state index in [9.17, 15) is 13.2 Å². The fraction of sp³-hybridized carbons (Fsp3) is 0.0500. The van der Waals surface area contributed by atoms with E-state index >= 15 is 0 Å². The average Bonchev–Trinajstić information content (AvgIpc) is 3.25. The fourth-order valence-electron chi connectivity index (χ4n) is 2.72. The number of anilines is 2. The summed E-state index contributed by atoms with van der Waals surface area (Å²) in [6.45, 7) is -0.187. The third kappa shape index (κ3) is 4.56. The maximum atomic E-state index is 12.3. The lowest BCUT2D eigenvalue weighted by Crippen LogP contribution is -2.20. The molecular formula is C20H16N4O4S2. The number of hydrogen-bond donors (Lipinski definition) is 2. The van der Waals surface area contributed by atoms with Crippen molar-refractivity contribution >= 4 is 48.9 Å². The van der Waals surface area contributed by atoms with Crippen LogP contribution in [-0.2, 0) is 14.8 Å². The van der Waals surface area contributed by atoms with Crippen molar-refractivity contribution < 1.29 is 17.9 Å². The Morgan fingerprint density at radius 2 is 1.90 bits per heavy atom. The van der Waals surface area contributed by atoms with E-state index in [0.717, 1.165) is 10.8 Å². The summed E-state index contributed by atoms with van der Waals surface area (Å²) in [5.41, 5.74) is 0.457. The Morgan fingerprint density at radius 1 is 1.07 bits per heavy atom. The van der Waals surface area contributed by atoms with E-state index in [1.54, 1.807) is 23.8 Å². The molecule has 4 rings (SSSR count). The van der Waals surface area contributed by atoms with Crippen LogP contribution in [0.1, 0.15) is 0 Å². The lowest BCUT2D eigenvalue weighted by atomic mass is 10.1. The van der Waals surface area contributed by atoms with Gasteiger partial charge in [-0.05, 0) is 36.4 Å². The molecule has 2 aromatic carbocycles. The number of thiazole rings is 1. The van der Waals surface area contributed by atoms with Crippen LogP contribution < -0.4 is 14.8 Å². The number of hydrogen-bond acceptors (Lipinski definition) is 7. The molecule has 152 valence electrons. The lowest BCUT2D eigenvalue weighted by molar-refractivity contribution is -0.118. The molecular weight excluding hydrogens is 424 g/mol. The van der Waals surface area contributed by atoms with E-state index in [2.05, 4.69) is 20.0 Å². The normalized spacial score (nSPS) is 11.2. The predicted octanol–water partition coefficient (Wildman–Crippen LogP) is 3.51. The van der Waals surface area contributed by atoms with Gasteiger partial charge < -0.3 is 10.1 Å². The van der Waals surface area contributed by atoms with E-state index in [-0.39, 0.29) is 22.5 Å². The lowest BCUT2D eigenvalue weighted by Gasteiger charge is -2.10. The molecule has 0 aliphatic heterocycles. The number of fused-ring (bicyclic) bond motifs is 1. The first-order valence-electron chi connectivity index (χ1n) is 8.79. The van der Waals surface area contributed by atoms with Crippen molar-refractivity contribution in [1.82, 2.24) is 9.97 Å². The van der Waals surface area contributed by atoms with Gasteiger partial charge in [-0.2, -0.15) is 0 Å². The summed E-state index contributed by atoms with van der Waals surface area (Å²) < 4.78 is 32.7. The van der Waals surface area contributed by atoms with Crippen LogP contribution in [0.15, 0.2) is 77.4 Å². The molecule has 0 spiro atoms. The van der Waals surface area contributed by atoms with Gasteiger partial charge >= 0.3 is 0 Å². The Hall–Kier alpha value is -3.50. The minimum absolute atomic E-state index is 0.0660. The molecule has 0 saturated carbocycles. The monoisotopic (exact) mass is 440 g/mol. The Bertz CT molecular complexity index is 1270. The van der Waals surface area contributed by atoms with E-state index in [0.29, 0.717) is 11.4 Å². The minimum Gasteiger partial charge on any atom is -0.483 e. The highest BCUT2D eigenvalue weighted by atomic mass is 32.2. The second kappa shape index (κ2) is 8.47. The number of amides is 1. The van der Waals surface area contributed by atoms with E-state index in [1.807, 2.05) is 18.2 Å². The third-order valence-electron chi connectivity index (χ3n) is 4.10. The summed E-state index contributed by atoms with van der Waals surface area (Å²) in [4.78, 5) is 20.3. The van der Waals surface area contributed by atoms with Gasteiger partial charge in [0.2, 0.25) is 0 Å². The number of pyridine rings is 1. The Labute approximate surface area is 176 Å². The number of rotatable bonds is 7. The second-order valence-corrected chi connectivity index (χ2v) is 8.73. The van der Waals surface area contributed by atoms with E-state index < -0.39 is 10.0 Å². The highest BCUT2D eigenvalue weighted by Gasteiger charge is 2.15. The number of nitrogens with one attached hydrogen (secondary N) is 2. The zero-order valence-electron chi connectivity index (χ0n) is 15.5. The molecule has 0 bridgehead atoms. The van der Waals surface area contributed by atoms with Crippen molar-refractivity contribution in [2.24, 2.45) is 0 Å². The second-order valence-electron chi connectivity index (χ2n) is 6.16. The molecule has 4 aromatic rings. The zero-order chi connectivity index (χ0) is 21.0. The molecule has 0 radical (unpaired) electrons. The molecule has 2 N–H and O–H groups in total. The predicted molar refractivity (Wildman–Crippen MR) is 115 cm³/mol. The number of sulfonamides is 1. The first-order chi connectivity index (χ1) is 14.5. The van der Waals surface area contributed by atoms with Crippen LogP contribution in [0.4, 0.5) is 10.8 Å². The van der Waals surface area contributed by atoms with Crippen LogP contribution in [0.3, 0.4) is 0 Å². The number of carbonyl (C=O) groups excluding carboxylic acids is 1. The largest absolute Gasteiger partial charge is 0.483 e. The van der Waals surface area contributed by atoms with Gasteiger partial charge in [-0.15, -0.1) is 11.3 Å². The molecule has 30 heavy (non-hydrogen) atoms. The fourth-order valence-corrected chi connectivity index (χ4v) is 4.51. The van der Waals surface area contributed by atoms with Gasteiger partial charge in [0, 0.05) is 40.4 Å². The summed E-state index contributed by atoms with van der Waals surface area (Å²) >= 11 is 1.18. The minimum atomic E-state index is -3.74. The molecule has 2 aromatic heterocycles. The third-order valence-corrected chi connectivity index (χ3v) is 6.27. The number of nitrogens with zero attached hydrogens (tertiary/aromatic N) is 2. The van der Waals surface area contributed by atoms with E-state index in [4.69, 9.17) is 4.74 Å². The van der Waals surface area contributed by atoms with E-state index in [1.165, 1.54) is 41.8 Å². The SMILES string of the molecule is O=C(COc1cccc2cnccc12)Nc1ccc(S(=O)(=O)Nc2nccs2)cc1. The average molecular weight is 441 g/mol. The Morgan fingerprint density at radius 3 is 2.67 bits per heavy atom. The number of aromatic nitrogens is 2. The van der Waals surface area contributed by atoms with Crippen LogP contribution in [0.2, 0.25) is 0 Å². The molecule has 0 aliphatic carbocycles. The smallest absolute Gasteiger partial charge is 0.263 e. The summed E-state index contributed by atoms with van der Waals surface area (Å²) in [6, 6.07) is 13.2. The van der Waals surface area contributed by atoms with Crippen molar-refractivity contribution in [3.05, 3.63) is 72.5 Å². The molecule has 0 unspecified atom stereocenters. The van der Waals surface area contributed by atoms with Crippen LogP contribution in [0.5, 0.6) is 5.75 Å². The summed E-state index contributed by atoms with van der Waals surface area (Å²) in [7, 11) is -3.74. The molecule has 0 atom stereocenters. The highest BCUT2D eigenvalue weighted by molar-refractivity contribution is 7.93. The standard InChI is InChI=1S/C20H16N4O4S2/c25-19(13-28-18-3-1-2-14-12-21-9-8-17(14)18)23-15-4-6-16(7-5-15)30(26,27)24-20-22-10-11-29-20/h1-12H,13H2,(H,22,24)(H,23,25). The van der Waals surface area contributed by atoms with Crippen LogP contribution in [-0.4, -0.2) is 30.9 Å². The van der Waals surface area contributed by atoms with Crippen LogP contribution >= 0.6 is 11.3 Å². The van der Waals surface area contributed by atoms with Crippen molar-refractivity contribution in [2.45, 2.75) is 4.90 Å². The van der Waals surface area contributed by atoms with Gasteiger partial charge in [0.25, 0.3) is 15.9 Å². The molecule has 0 fully saturated rings. The molecule has 10 heteroatoms. The Kier molecular flexibility index (Phi) is 5.59. The highest BCUT2D eigenvalue weighted by Crippen LogP contribution is 2.24. The van der Waals surface area contributed by atoms with Gasteiger partial charge in [0.1, 0.15) is 5.75 Å². The topological polar surface area (TPSA) is 110 Å². The number of benzene rings is 2. The van der Waals surface area contributed by atoms with Crippen molar-refractivity contribution in [1.29, 1.82) is 0 Å². The van der Waals surface area contributed by atoms with Gasteiger partial charge in [0.15, 0.2) is 11.7 Å². The van der Waals surface area contributed by atoms with Crippen LogP contribution in [0.25, 0.3) is 10.8 Å². The number of carbonyl (C=O) groups is 1. The summed E-state index contributed by atoms with van der Waals surface area (Å²) in [5.74, 6) is 0.220. The molecule has 2 heterocycles. The quantitative estimate of drug-likeness (QED) is 0.455. The maximum Gasteiger partial charge on any atom is 0.263 e. The zero-order valence-corrected chi connectivity index (χ0v) is 17.1. The first kappa shape index (κ1) is 19.8. The van der Waals surface area contributed by atoms with Gasteiger partial charge in [-0.3, -0.25) is 14.5 Å². The maximum absolute atomic E-state index is 12.3. The van der Waals surface area contributed by atoms with Gasteiger partial charge in [0.05, 0.1) is 4.90 Å². The van der Waals surface area contributed by atoms with Crippen molar-refractivity contribution in [3.63, 3.8) is 0 Å². The molecule has 1 amide bonds. The molecule has 0 saturated heterocycles. The summed E-state index contributed by atoms with van der Waals surface area (Å²) in [5, 5.41) is 6.42. The molecule has 8 nitrogen and oxygen atoms in total. The van der Waals surface area contributed by atoms with Gasteiger partial charge in [-0.1, -0.05) is 12.1 Å². The first-order valence-corrected chi connectivity index (χ1v) is 11.2. The Balaban J connectivity index is 1.38. The van der Waals surface area contributed by atoms with Crippen molar-refractivity contribution in [2.75, 3.05) is 16.6 Å².